The molecule has 3 aromatic rings. The number of carbonyl (C=O) groups excluding carboxylic acids is 2. The molecule has 10 nitrogen and oxygen atoms in total. The van der Waals surface area contributed by atoms with E-state index in [0.717, 1.165) is 5.56 Å². The van der Waals surface area contributed by atoms with Gasteiger partial charge >= 0.3 is 0 Å². The highest BCUT2D eigenvalue weighted by atomic mass is 32.2. The fourth-order valence-electron chi connectivity index (χ4n) is 2.92. The minimum Gasteiger partial charge on any atom is -0.345 e. The van der Waals surface area contributed by atoms with Gasteiger partial charge in [-0.25, -0.2) is 0 Å². The summed E-state index contributed by atoms with van der Waals surface area (Å²) in [5.74, 6) is 0.205. The third-order valence-corrected chi connectivity index (χ3v) is 5.46. The van der Waals surface area contributed by atoms with Crippen LogP contribution in [0.2, 0.25) is 0 Å². The van der Waals surface area contributed by atoms with Gasteiger partial charge in [-0.1, -0.05) is 29.5 Å². The molecule has 0 saturated heterocycles. The van der Waals surface area contributed by atoms with Gasteiger partial charge < -0.3 is 15.2 Å². The smallest absolute Gasteiger partial charge is 0.269 e. The summed E-state index contributed by atoms with van der Waals surface area (Å²) in [5, 5.41) is 25.1. The molecule has 0 atom stereocenters. The second-order valence-electron chi connectivity index (χ2n) is 6.84. The number of rotatable bonds is 9. The maximum Gasteiger partial charge on any atom is 0.269 e. The van der Waals surface area contributed by atoms with Crippen LogP contribution in [0.5, 0.6) is 0 Å². The van der Waals surface area contributed by atoms with Gasteiger partial charge in [-0.2, -0.15) is 0 Å². The van der Waals surface area contributed by atoms with E-state index in [0.29, 0.717) is 28.8 Å². The van der Waals surface area contributed by atoms with Crippen molar-refractivity contribution in [3.8, 4) is 0 Å². The number of hydrogen-bond donors (Lipinski definition) is 2. The lowest BCUT2D eigenvalue weighted by atomic mass is 10.1. The molecule has 1 aromatic heterocycles. The van der Waals surface area contributed by atoms with Crippen molar-refractivity contribution in [2.45, 2.75) is 32.1 Å². The van der Waals surface area contributed by atoms with Crippen LogP contribution in [-0.4, -0.2) is 37.3 Å². The zero-order chi connectivity index (χ0) is 23.1. The van der Waals surface area contributed by atoms with Gasteiger partial charge in [0.25, 0.3) is 11.6 Å². The molecule has 32 heavy (non-hydrogen) atoms. The lowest BCUT2D eigenvalue weighted by molar-refractivity contribution is -0.384. The van der Waals surface area contributed by atoms with E-state index in [4.69, 9.17) is 0 Å². The summed E-state index contributed by atoms with van der Waals surface area (Å²) in [6.07, 6.45) is 0. The fourth-order valence-corrected chi connectivity index (χ4v) is 3.74. The SMILES string of the molecule is CCn1c(CNC(=O)c2cccc(C)c2)nnc1SCC(=O)Nc1ccc([N+](=O)[O-])cc1. The molecule has 0 aliphatic rings. The number of nitro groups is 1. The van der Waals surface area contributed by atoms with Crippen molar-refractivity contribution >= 4 is 35.0 Å². The van der Waals surface area contributed by atoms with Gasteiger partial charge in [0.15, 0.2) is 11.0 Å². The molecule has 11 heteroatoms. The average molecular weight is 455 g/mol. The van der Waals surface area contributed by atoms with Crippen molar-refractivity contribution in [2.75, 3.05) is 11.1 Å². The molecule has 2 amide bonds. The number of anilines is 1. The second kappa shape index (κ2) is 10.5. The Balaban J connectivity index is 1.55. The van der Waals surface area contributed by atoms with Crippen LogP contribution in [0.1, 0.15) is 28.7 Å². The van der Waals surface area contributed by atoms with Gasteiger partial charge in [0.2, 0.25) is 5.91 Å². The molecule has 2 aromatic carbocycles. The molecule has 0 aliphatic carbocycles. The molecule has 0 unspecified atom stereocenters. The topological polar surface area (TPSA) is 132 Å². The Labute approximate surface area is 188 Å². The van der Waals surface area contributed by atoms with E-state index in [1.807, 2.05) is 36.6 Å². The van der Waals surface area contributed by atoms with Crippen molar-refractivity contribution in [1.29, 1.82) is 0 Å². The fraction of sp³-hybridized carbons (Fsp3) is 0.238. The summed E-state index contributed by atoms with van der Waals surface area (Å²) in [6, 6.07) is 12.9. The lowest BCUT2D eigenvalue weighted by Crippen LogP contribution is -2.25. The first-order valence-electron chi connectivity index (χ1n) is 9.81. The summed E-state index contributed by atoms with van der Waals surface area (Å²) in [7, 11) is 0. The second-order valence-corrected chi connectivity index (χ2v) is 7.78. The van der Waals surface area contributed by atoms with Crippen LogP contribution < -0.4 is 10.6 Å². The Kier molecular flexibility index (Phi) is 7.55. The molecule has 0 spiro atoms. The predicted octanol–water partition coefficient (Wildman–Crippen LogP) is 3.18. The summed E-state index contributed by atoms with van der Waals surface area (Å²) >= 11 is 1.22. The van der Waals surface area contributed by atoms with Crippen LogP contribution in [0.3, 0.4) is 0 Å². The molecule has 0 saturated carbocycles. The molecular weight excluding hydrogens is 432 g/mol. The maximum atomic E-state index is 12.4. The van der Waals surface area contributed by atoms with Crippen molar-refractivity contribution < 1.29 is 14.5 Å². The van der Waals surface area contributed by atoms with Gasteiger partial charge in [-0.15, -0.1) is 10.2 Å². The Bertz CT molecular complexity index is 1130. The van der Waals surface area contributed by atoms with Crippen molar-refractivity contribution in [3.63, 3.8) is 0 Å². The van der Waals surface area contributed by atoms with E-state index >= 15 is 0 Å². The first-order chi connectivity index (χ1) is 15.4. The van der Waals surface area contributed by atoms with E-state index < -0.39 is 4.92 Å². The molecule has 0 aliphatic heterocycles. The van der Waals surface area contributed by atoms with E-state index in [-0.39, 0.29) is 29.8 Å². The normalized spacial score (nSPS) is 10.6. The number of nitro benzene ring substituents is 1. The van der Waals surface area contributed by atoms with E-state index in [1.165, 1.54) is 36.0 Å². The van der Waals surface area contributed by atoms with Gasteiger partial charge in [-0.05, 0) is 38.1 Å². The first kappa shape index (κ1) is 22.9. The highest BCUT2D eigenvalue weighted by Gasteiger charge is 2.15. The van der Waals surface area contributed by atoms with Crippen LogP contribution in [0.4, 0.5) is 11.4 Å². The summed E-state index contributed by atoms with van der Waals surface area (Å²) in [5.41, 5.74) is 2.00. The van der Waals surface area contributed by atoms with Crippen LogP contribution in [-0.2, 0) is 17.9 Å². The molecule has 1 heterocycles. The summed E-state index contributed by atoms with van der Waals surface area (Å²) in [4.78, 5) is 34.8. The lowest BCUT2D eigenvalue weighted by Gasteiger charge is -2.09. The highest BCUT2D eigenvalue weighted by Crippen LogP contribution is 2.19. The minimum absolute atomic E-state index is 0.0459. The van der Waals surface area contributed by atoms with Crippen LogP contribution >= 0.6 is 11.8 Å². The number of nitrogens with zero attached hydrogens (tertiary/aromatic N) is 4. The Morgan fingerprint density at radius 1 is 1.16 bits per heavy atom. The molecular formula is C21H22N6O4S. The first-order valence-corrected chi connectivity index (χ1v) is 10.8. The third kappa shape index (κ3) is 5.91. The van der Waals surface area contributed by atoms with Crippen molar-refractivity contribution in [2.24, 2.45) is 0 Å². The molecule has 0 bridgehead atoms. The van der Waals surface area contributed by atoms with Crippen LogP contribution in [0.15, 0.2) is 53.7 Å². The molecule has 166 valence electrons. The summed E-state index contributed by atoms with van der Waals surface area (Å²) < 4.78 is 1.83. The van der Waals surface area contributed by atoms with Crippen LogP contribution in [0.25, 0.3) is 0 Å². The number of nitrogens with one attached hydrogen (secondary N) is 2. The predicted molar refractivity (Wildman–Crippen MR) is 120 cm³/mol. The Morgan fingerprint density at radius 2 is 1.91 bits per heavy atom. The van der Waals surface area contributed by atoms with Gasteiger partial charge in [-0.3, -0.25) is 19.7 Å². The van der Waals surface area contributed by atoms with Gasteiger partial charge in [0, 0.05) is 29.9 Å². The number of benzene rings is 2. The number of hydrogen-bond acceptors (Lipinski definition) is 7. The number of thioether (sulfide) groups is 1. The minimum atomic E-state index is -0.500. The quantitative estimate of drug-likeness (QED) is 0.288. The number of aryl methyl sites for hydroxylation is 1. The average Bonchev–Trinajstić information content (AvgIpc) is 3.18. The van der Waals surface area contributed by atoms with Crippen molar-refractivity contribution in [1.82, 2.24) is 20.1 Å². The van der Waals surface area contributed by atoms with Crippen molar-refractivity contribution in [3.05, 3.63) is 75.6 Å². The van der Waals surface area contributed by atoms with E-state index in [1.54, 1.807) is 6.07 Å². The standard InChI is InChI=1S/C21H22N6O4S/c1-3-26-18(12-22-20(29)15-6-4-5-14(2)11-15)24-25-21(26)32-13-19(28)23-16-7-9-17(10-8-16)27(30)31/h4-11H,3,12-13H2,1-2H3,(H,22,29)(H,23,28). The molecule has 3 rings (SSSR count). The number of amides is 2. The zero-order valence-corrected chi connectivity index (χ0v) is 18.4. The van der Waals surface area contributed by atoms with Gasteiger partial charge in [0.1, 0.15) is 0 Å². The molecule has 0 radical (unpaired) electrons. The zero-order valence-electron chi connectivity index (χ0n) is 17.6. The number of non-ortho nitro benzene ring substituents is 1. The Morgan fingerprint density at radius 3 is 2.56 bits per heavy atom. The maximum absolute atomic E-state index is 12.4. The third-order valence-electron chi connectivity index (χ3n) is 4.49. The van der Waals surface area contributed by atoms with E-state index in [9.17, 15) is 19.7 Å². The van der Waals surface area contributed by atoms with E-state index in [2.05, 4.69) is 20.8 Å². The number of aromatic nitrogens is 3. The molecule has 0 fully saturated rings. The molecule has 2 N–H and O–H groups in total. The monoisotopic (exact) mass is 454 g/mol. The number of carbonyl (C=O) groups is 2. The highest BCUT2D eigenvalue weighted by molar-refractivity contribution is 7.99. The Hall–Kier alpha value is -3.73. The van der Waals surface area contributed by atoms with Gasteiger partial charge in [0.05, 0.1) is 17.2 Å². The summed E-state index contributed by atoms with van der Waals surface area (Å²) in [6.45, 7) is 4.64. The van der Waals surface area contributed by atoms with Crippen LogP contribution in [0, 0.1) is 17.0 Å². The largest absolute Gasteiger partial charge is 0.345 e.